The van der Waals surface area contributed by atoms with Crippen molar-refractivity contribution < 1.29 is 17.6 Å². The Morgan fingerprint density at radius 3 is 2.39 bits per heavy atom. The Labute approximate surface area is 102 Å². The van der Waals surface area contributed by atoms with Crippen LogP contribution in [0.3, 0.4) is 0 Å². The Bertz CT molecular complexity index is 448. The van der Waals surface area contributed by atoms with Crippen molar-refractivity contribution in [3.8, 4) is 0 Å². The highest BCUT2D eigenvalue weighted by atomic mass is 19.4. The minimum absolute atomic E-state index is 0.131. The molecule has 1 unspecified atom stereocenters. The number of halogens is 4. The Morgan fingerprint density at radius 1 is 1.33 bits per heavy atom. The number of nitrogens with two attached hydrogens (primary N) is 1. The van der Waals surface area contributed by atoms with Crippen LogP contribution in [0.4, 0.5) is 17.6 Å². The minimum Gasteiger partial charge on any atom is -0.271 e. The summed E-state index contributed by atoms with van der Waals surface area (Å²) in [4.78, 5) is 0. The Kier molecular flexibility index (Phi) is 4.48. The van der Waals surface area contributed by atoms with Gasteiger partial charge >= 0.3 is 6.18 Å². The third kappa shape index (κ3) is 3.30. The molecular weight excluding hydrogens is 248 g/mol. The second-order valence-electron chi connectivity index (χ2n) is 4.09. The van der Waals surface area contributed by atoms with E-state index in [9.17, 15) is 17.6 Å². The second-order valence-corrected chi connectivity index (χ2v) is 4.09. The molecule has 2 nitrogen and oxygen atoms in total. The molecule has 0 radical (unpaired) electrons. The van der Waals surface area contributed by atoms with Crippen LogP contribution in [-0.2, 0) is 6.18 Å². The van der Waals surface area contributed by atoms with Gasteiger partial charge in [0.2, 0.25) is 0 Å². The summed E-state index contributed by atoms with van der Waals surface area (Å²) in [6.45, 7) is 3.49. The van der Waals surface area contributed by atoms with Crippen LogP contribution in [0.15, 0.2) is 29.8 Å². The Balaban J connectivity index is 3.30. The first kappa shape index (κ1) is 14.7. The van der Waals surface area contributed by atoms with E-state index in [4.69, 9.17) is 5.84 Å². The summed E-state index contributed by atoms with van der Waals surface area (Å²) in [6.07, 6.45) is -3.16. The van der Waals surface area contributed by atoms with E-state index in [0.29, 0.717) is 6.07 Å². The third-order valence-corrected chi connectivity index (χ3v) is 2.35. The van der Waals surface area contributed by atoms with E-state index in [0.717, 1.165) is 11.6 Å². The largest absolute Gasteiger partial charge is 0.419 e. The number of hydrazine groups is 1. The molecule has 18 heavy (non-hydrogen) atoms. The number of nitrogens with one attached hydrogen (secondary N) is 1. The molecule has 0 aliphatic rings. The predicted molar refractivity (Wildman–Crippen MR) is 60.9 cm³/mol. The van der Waals surface area contributed by atoms with Gasteiger partial charge in [-0.3, -0.25) is 5.84 Å². The molecule has 0 bridgehead atoms. The second kappa shape index (κ2) is 5.49. The quantitative estimate of drug-likeness (QED) is 0.379. The fraction of sp³-hybridized carbons (Fsp3) is 0.333. The smallest absolute Gasteiger partial charge is 0.271 e. The first-order valence-corrected chi connectivity index (χ1v) is 5.24. The van der Waals surface area contributed by atoms with Crippen molar-refractivity contribution in [2.24, 2.45) is 5.84 Å². The van der Waals surface area contributed by atoms with Gasteiger partial charge in [0.1, 0.15) is 5.82 Å². The molecule has 1 atom stereocenters. The van der Waals surface area contributed by atoms with Crippen LogP contribution in [0.2, 0.25) is 0 Å². The molecule has 3 N–H and O–H groups in total. The molecule has 0 saturated heterocycles. The minimum atomic E-state index is -4.72. The monoisotopic (exact) mass is 262 g/mol. The predicted octanol–water partition coefficient (Wildman–Crippen LogP) is 3.32. The lowest BCUT2D eigenvalue weighted by atomic mass is 10.0. The lowest BCUT2D eigenvalue weighted by molar-refractivity contribution is -0.140. The van der Waals surface area contributed by atoms with Crippen molar-refractivity contribution in [3.05, 3.63) is 46.8 Å². The third-order valence-electron chi connectivity index (χ3n) is 2.35. The number of hydrogen-bond donors (Lipinski definition) is 2. The maximum atomic E-state index is 13.8. The maximum Gasteiger partial charge on any atom is 0.419 e. The zero-order chi connectivity index (χ0) is 13.9. The fourth-order valence-corrected chi connectivity index (χ4v) is 1.57. The summed E-state index contributed by atoms with van der Waals surface area (Å²) in [5.41, 5.74) is 1.68. The van der Waals surface area contributed by atoms with E-state index in [1.165, 1.54) is 6.07 Å². The van der Waals surface area contributed by atoms with Crippen molar-refractivity contribution in [2.45, 2.75) is 26.1 Å². The van der Waals surface area contributed by atoms with Gasteiger partial charge in [-0.2, -0.15) is 13.2 Å². The molecule has 0 spiro atoms. The van der Waals surface area contributed by atoms with Crippen molar-refractivity contribution in [1.82, 2.24) is 5.43 Å². The fourth-order valence-electron chi connectivity index (χ4n) is 1.57. The summed E-state index contributed by atoms with van der Waals surface area (Å²) >= 11 is 0. The highest BCUT2D eigenvalue weighted by Crippen LogP contribution is 2.34. The van der Waals surface area contributed by atoms with Gasteiger partial charge in [0.15, 0.2) is 0 Å². The molecule has 0 aliphatic heterocycles. The normalized spacial score (nSPS) is 13.3. The molecular formula is C12H14F4N2. The first-order valence-electron chi connectivity index (χ1n) is 5.24. The maximum absolute atomic E-state index is 13.8. The molecule has 0 heterocycles. The van der Waals surface area contributed by atoms with Gasteiger partial charge in [-0.05, 0) is 19.9 Å². The summed E-state index contributed by atoms with van der Waals surface area (Å²) in [7, 11) is 0. The van der Waals surface area contributed by atoms with E-state index >= 15 is 0 Å². The van der Waals surface area contributed by atoms with Gasteiger partial charge in [-0.15, -0.1) is 0 Å². The van der Waals surface area contributed by atoms with Crippen LogP contribution < -0.4 is 11.3 Å². The summed E-state index contributed by atoms with van der Waals surface area (Å²) in [6, 6.07) is 2.34. The van der Waals surface area contributed by atoms with E-state index in [1.807, 2.05) is 0 Å². The molecule has 0 saturated carbocycles. The van der Waals surface area contributed by atoms with Crippen LogP contribution in [0, 0.1) is 5.82 Å². The molecule has 6 heteroatoms. The van der Waals surface area contributed by atoms with Crippen LogP contribution in [-0.4, -0.2) is 0 Å². The molecule has 0 amide bonds. The van der Waals surface area contributed by atoms with Crippen molar-refractivity contribution in [3.63, 3.8) is 0 Å². The molecule has 1 aromatic carbocycles. The molecule has 0 aliphatic carbocycles. The van der Waals surface area contributed by atoms with Gasteiger partial charge in [-0.25, -0.2) is 9.82 Å². The molecule has 1 rings (SSSR count). The van der Waals surface area contributed by atoms with E-state index in [-0.39, 0.29) is 5.56 Å². The van der Waals surface area contributed by atoms with Crippen molar-refractivity contribution in [1.29, 1.82) is 0 Å². The van der Waals surface area contributed by atoms with E-state index in [2.05, 4.69) is 5.43 Å². The van der Waals surface area contributed by atoms with Gasteiger partial charge in [0.05, 0.1) is 11.6 Å². The zero-order valence-corrected chi connectivity index (χ0v) is 9.98. The lowest BCUT2D eigenvalue weighted by Gasteiger charge is -2.16. The van der Waals surface area contributed by atoms with Crippen LogP contribution >= 0.6 is 0 Å². The van der Waals surface area contributed by atoms with Crippen molar-refractivity contribution >= 4 is 0 Å². The summed E-state index contributed by atoms with van der Waals surface area (Å²) < 4.78 is 51.5. The Hall–Kier alpha value is -1.40. The number of allylic oxidation sites excluding steroid dienone is 1. The average Bonchev–Trinajstić information content (AvgIpc) is 2.24. The highest BCUT2D eigenvalue weighted by molar-refractivity contribution is 5.32. The molecule has 1 aromatic rings. The topological polar surface area (TPSA) is 38.0 Å². The number of rotatable bonds is 3. The average molecular weight is 262 g/mol. The van der Waals surface area contributed by atoms with Gasteiger partial charge < -0.3 is 0 Å². The lowest BCUT2D eigenvalue weighted by Crippen LogP contribution is -2.28. The standard InChI is InChI=1S/C12H14F4N2/c1-7(2)6-10(18-17)8-4-3-5-9(11(8)13)12(14,15)16/h3-6,10,18H,17H2,1-2H3. The zero-order valence-electron chi connectivity index (χ0n) is 9.98. The summed E-state index contributed by atoms with van der Waals surface area (Å²) in [5.74, 6) is 3.94. The SMILES string of the molecule is CC(C)=CC(NN)c1cccc(C(F)(F)F)c1F. The van der Waals surface area contributed by atoms with Crippen LogP contribution in [0.25, 0.3) is 0 Å². The van der Waals surface area contributed by atoms with Gasteiger partial charge in [0, 0.05) is 5.56 Å². The van der Waals surface area contributed by atoms with E-state index in [1.54, 1.807) is 19.9 Å². The first-order chi connectivity index (χ1) is 8.27. The molecule has 0 aromatic heterocycles. The molecule has 0 fully saturated rings. The van der Waals surface area contributed by atoms with Gasteiger partial charge in [0.25, 0.3) is 0 Å². The van der Waals surface area contributed by atoms with Crippen LogP contribution in [0.1, 0.15) is 31.0 Å². The van der Waals surface area contributed by atoms with Crippen molar-refractivity contribution in [2.75, 3.05) is 0 Å². The van der Waals surface area contributed by atoms with E-state index < -0.39 is 23.6 Å². The number of hydrogen-bond acceptors (Lipinski definition) is 2. The number of benzene rings is 1. The highest BCUT2D eigenvalue weighted by Gasteiger charge is 2.35. The summed E-state index contributed by atoms with van der Waals surface area (Å²) in [5, 5.41) is 0. The molecule has 100 valence electrons. The van der Waals surface area contributed by atoms with Crippen LogP contribution in [0.5, 0.6) is 0 Å². The van der Waals surface area contributed by atoms with Gasteiger partial charge in [-0.1, -0.05) is 23.8 Å². The number of alkyl halides is 3. The Morgan fingerprint density at radius 2 is 1.94 bits per heavy atom.